The molecule has 0 aromatic heterocycles. The van der Waals surface area contributed by atoms with E-state index in [1.54, 1.807) is 6.92 Å². The topological polar surface area (TPSA) is 38.8 Å². The molecule has 1 fully saturated rings. The zero-order valence-corrected chi connectivity index (χ0v) is 12.9. The first-order valence-corrected chi connectivity index (χ1v) is 7.88. The Morgan fingerprint density at radius 3 is 2.76 bits per heavy atom. The lowest BCUT2D eigenvalue weighted by atomic mass is 9.90. The fourth-order valence-corrected chi connectivity index (χ4v) is 3.15. The Morgan fingerprint density at radius 2 is 2.05 bits per heavy atom. The van der Waals surface area contributed by atoms with Crippen LogP contribution in [0.3, 0.4) is 0 Å². The summed E-state index contributed by atoms with van der Waals surface area (Å²) in [5.74, 6) is 2.34. The average Bonchev–Trinajstić information content (AvgIpc) is 2.95. The van der Waals surface area contributed by atoms with Crippen LogP contribution in [-0.2, 0) is 11.2 Å². The second-order valence-electron chi connectivity index (χ2n) is 5.78. The number of halogens is 1. The van der Waals surface area contributed by atoms with Gasteiger partial charge in [0.25, 0.3) is 0 Å². The summed E-state index contributed by atoms with van der Waals surface area (Å²) in [5, 5.41) is -0.421. The van der Waals surface area contributed by atoms with Crippen molar-refractivity contribution in [2.45, 2.75) is 31.6 Å². The van der Waals surface area contributed by atoms with Gasteiger partial charge in [-0.2, -0.15) is 0 Å². The first-order chi connectivity index (χ1) is 10.1. The van der Waals surface area contributed by atoms with Crippen LogP contribution in [0.5, 0.6) is 11.5 Å². The van der Waals surface area contributed by atoms with Gasteiger partial charge in [0.2, 0.25) is 12.7 Å². The van der Waals surface area contributed by atoms with E-state index in [9.17, 15) is 4.79 Å². The van der Waals surface area contributed by atoms with Crippen LogP contribution >= 0.6 is 11.6 Å². The predicted octanol–water partition coefficient (Wildman–Crippen LogP) is 2.82. The molecule has 0 spiro atoms. The number of carbonyl (C=O) groups excluding carboxylic acids is 1. The molecule has 0 saturated carbocycles. The van der Waals surface area contributed by atoms with Gasteiger partial charge in [0.1, 0.15) is 5.38 Å². The SMILES string of the molecule is CC(Cl)C(=O)N1CCC(Cc2ccc3c(c2)OCO3)CC1. The van der Waals surface area contributed by atoms with Gasteiger partial charge < -0.3 is 14.4 Å². The molecule has 1 aromatic rings. The maximum atomic E-state index is 11.9. The Balaban J connectivity index is 1.55. The van der Waals surface area contributed by atoms with Crippen molar-refractivity contribution in [3.8, 4) is 11.5 Å². The Morgan fingerprint density at radius 1 is 1.33 bits per heavy atom. The highest BCUT2D eigenvalue weighted by Crippen LogP contribution is 2.34. The molecule has 5 heteroatoms. The van der Waals surface area contributed by atoms with Gasteiger partial charge in [0.05, 0.1) is 0 Å². The highest BCUT2D eigenvalue weighted by atomic mass is 35.5. The lowest BCUT2D eigenvalue weighted by Gasteiger charge is -2.32. The van der Waals surface area contributed by atoms with Crippen LogP contribution in [0.25, 0.3) is 0 Å². The number of benzene rings is 1. The molecule has 0 N–H and O–H groups in total. The molecule has 114 valence electrons. The van der Waals surface area contributed by atoms with Gasteiger partial charge in [-0.25, -0.2) is 0 Å². The van der Waals surface area contributed by atoms with Crippen LogP contribution in [0.4, 0.5) is 0 Å². The van der Waals surface area contributed by atoms with Crippen molar-refractivity contribution in [1.82, 2.24) is 4.90 Å². The number of nitrogens with zero attached hydrogens (tertiary/aromatic N) is 1. The number of alkyl halides is 1. The highest BCUT2D eigenvalue weighted by Gasteiger charge is 2.25. The molecule has 0 radical (unpaired) electrons. The summed E-state index contributed by atoms with van der Waals surface area (Å²) >= 11 is 5.86. The zero-order valence-electron chi connectivity index (χ0n) is 12.2. The van der Waals surface area contributed by atoms with Gasteiger partial charge in [-0.3, -0.25) is 4.79 Å². The molecule has 0 bridgehead atoms. The van der Waals surface area contributed by atoms with E-state index in [2.05, 4.69) is 12.1 Å². The standard InChI is InChI=1S/C16H20ClNO3/c1-11(17)16(19)18-6-4-12(5-7-18)8-13-2-3-14-15(9-13)21-10-20-14/h2-3,9,11-12H,4-8,10H2,1H3. The second kappa shape index (κ2) is 6.14. The lowest BCUT2D eigenvalue weighted by molar-refractivity contribution is -0.131. The minimum absolute atomic E-state index is 0.0539. The average molecular weight is 310 g/mol. The Bertz CT molecular complexity index is 524. The first-order valence-electron chi connectivity index (χ1n) is 7.45. The van der Waals surface area contributed by atoms with Crippen LogP contribution in [0.2, 0.25) is 0 Å². The summed E-state index contributed by atoms with van der Waals surface area (Å²) < 4.78 is 10.7. The van der Waals surface area contributed by atoms with Crippen LogP contribution in [0.1, 0.15) is 25.3 Å². The Kier molecular flexibility index (Phi) is 4.24. The van der Waals surface area contributed by atoms with Crippen LogP contribution in [0.15, 0.2) is 18.2 Å². The Hall–Kier alpha value is -1.42. The maximum Gasteiger partial charge on any atom is 0.240 e. The molecule has 2 heterocycles. The van der Waals surface area contributed by atoms with Gasteiger partial charge in [-0.05, 0) is 49.8 Å². The van der Waals surface area contributed by atoms with Crippen molar-refractivity contribution in [1.29, 1.82) is 0 Å². The van der Waals surface area contributed by atoms with Crippen molar-refractivity contribution >= 4 is 17.5 Å². The fourth-order valence-electron chi connectivity index (χ4n) is 3.01. The minimum atomic E-state index is -0.421. The molecule has 2 aliphatic heterocycles. The van der Waals surface area contributed by atoms with Crippen molar-refractivity contribution in [2.24, 2.45) is 5.92 Å². The summed E-state index contributed by atoms with van der Waals surface area (Å²) in [5.41, 5.74) is 1.27. The molecule has 4 nitrogen and oxygen atoms in total. The summed E-state index contributed by atoms with van der Waals surface area (Å²) in [6.07, 6.45) is 3.09. The third-order valence-electron chi connectivity index (χ3n) is 4.23. The van der Waals surface area contributed by atoms with Gasteiger partial charge in [0.15, 0.2) is 11.5 Å². The van der Waals surface area contributed by atoms with E-state index in [4.69, 9.17) is 21.1 Å². The number of rotatable bonds is 3. The molecule has 2 aliphatic rings. The molecular weight excluding hydrogens is 290 g/mol. The van der Waals surface area contributed by atoms with Crippen molar-refractivity contribution < 1.29 is 14.3 Å². The zero-order chi connectivity index (χ0) is 14.8. The summed E-state index contributed by atoms with van der Waals surface area (Å²) in [6.45, 7) is 3.68. The molecule has 1 amide bonds. The Labute approximate surface area is 130 Å². The van der Waals surface area contributed by atoms with Crippen molar-refractivity contribution in [2.75, 3.05) is 19.9 Å². The molecular formula is C16H20ClNO3. The number of amides is 1. The number of fused-ring (bicyclic) bond motifs is 1. The molecule has 0 aliphatic carbocycles. The van der Waals surface area contributed by atoms with Crippen molar-refractivity contribution in [3.63, 3.8) is 0 Å². The quantitative estimate of drug-likeness (QED) is 0.806. The van der Waals surface area contributed by atoms with E-state index >= 15 is 0 Å². The van der Waals surface area contributed by atoms with E-state index in [0.717, 1.165) is 43.9 Å². The van der Waals surface area contributed by atoms with E-state index in [1.165, 1.54) is 5.56 Å². The number of hydrogen-bond donors (Lipinski definition) is 0. The van der Waals surface area contributed by atoms with E-state index in [1.807, 2.05) is 11.0 Å². The van der Waals surface area contributed by atoms with Crippen molar-refractivity contribution in [3.05, 3.63) is 23.8 Å². The molecule has 1 atom stereocenters. The monoisotopic (exact) mass is 309 g/mol. The maximum absolute atomic E-state index is 11.9. The van der Waals surface area contributed by atoms with Crippen LogP contribution < -0.4 is 9.47 Å². The number of ether oxygens (including phenoxy) is 2. The van der Waals surface area contributed by atoms with E-state index in [-0.39, 0.29) is 5.91 Å². The van der Waals surface area contributed by atoms with Crippen LogP contribution in [-0.4, -0.2) is 36.1 Å². The smallest absolute Gasteiger partial charge is 0.240 e. The largest absolute Gasteiger partial charge is 0.454 e. The summed E-state index contributed by atoms with van der Waals surface area (Å²) in [7, 11) is 0. The predicted molar refractivity (Wildman–Crippen MR) is 80.9 cm³/mol. The molecule has 3 rings (SSSR count). The van der Waals surface area contributed by atoms with Gasteiger partial charge >= 0.3 is 0 Å². The normalized spacial score (nSPS) is 19.6. The lowest BCUT2D eigenvalue weighted by Crippen LogP contribution is -2.41. The third kappa shape index (κ3) is 3.26. The van der Waals surface area contributed by atoms with Gasteiger partial charge in [-0.15, -0.1) is 11.6 Å². The third-order valence-corrected chi connectivity index (χ3v) is 4.41. The van der Waals surface area contributed by atoms with E-state index < -0.39 is 5.38 Å². The molecule has 21 heavy (non-hydrogen) atoms. The number of likely N-dealkylation sites (tertiary alicyclic amines) is 1. The minimum Gasteiger partial charge on any atom is -0.454 e. The van der Waals surface area contributed by atoms with Gasteiger partial charge in [0, 0.05) is 13.1 Å². The number of carbonyl (C=O) groups is 1. The molecule has 1 unspecified atom stereocenters. The van der Waals surface area contributed by atoms with E-state index in [0.29, 0.717) is 12.7 Å². The summed E-state index contributed by atoms with van der Waals surface area (Å²) in [6, 6.07) is 6.15. The molecule has 1 saturated heterocycles. The first kappa shape index (κ1) is 14.5. The number of piperidine rings is 1. The van der Waals surface area contributed by atoms with Gasteiger partial charge in [-0.1, -0.05) is 6.07 Å². The second-order valence-corrected chi connectivity index (χ2v) is 6.43. The summed E-state index contributed by atoms with van der Waals surface area (Å²) in [4.78, 5) is 13.7. The molecule has 1 aromatic carbocycles. The fraction of sp³-hybridized carbons (Fsp3) is 0.562. The highest BCUT2D eigenvalue weighted by molar-refractivity contribution is 6.30. The number of hydrogen-bond acceptors (Lipinski definition) is 3. The van der Waals surface area contributed by atoms with Crippen LogP contribution in [0, 0.1) is 5.92 Å².